The Morgan fingerprint density at radius 2 is 1.50 bits per heavy atom. The Hall–Kier alpha value is -0.830. The van der Waals surface area contributed by atoms with Gasteiger partial charge in [-0.1, -0.05) is 57.6 Å². The molecule has 0 aliphatic rings. The molecular formula is C19H37NO2. The summed E-state index contributed by atoms with van der Waals surface area (Å²) in [7, 11) is 1.86. The molecule has 0 atom stereocenters. The van der Waals surface area contributed by atoms with Gasteiger partial charge in [-0.05, 0) is 39.2 Å². The number of likely N-dealkylation sites (N-methyl/N-ethyl adjacent to an activating group) is 1. The molecule has 3 nitrogen and oxygen atoms in total. The smallest absolute Gasteiger partial charge is 0.305 e. The first-order chi connectivity index (χ1) is 10.8. The first-order valence-corrected chi connectivity index (χ1v) is 9.26. The molecule has 0 heterocycles. The molecule has 0 unspecified atom stereocenters. The molecule has 0 saturated heterocycles. The van der Waals surface area contributed by atoms with Gasteiger partial charge < -0.3 is 10.1 Å². The van der Waals surface area contributed by atoms with Gasteiger partial charge in [0.15, 0.2) is 0 Å². The Morgan fingerprint density at radius 1 is 0.909 bits per heavy atom. The molecule has 0 amide bonds. The van der Waals surface area contributed by atoms with Crippen molar-refractivity contribution in [2.24, 2.45) is 0 Å². The maximum atomic E-state index is 11.4. The molecule has 1 N–H and O–H groups in total. The van der Waals surface area contributed by atoms with Crippen LogP contribution in [0.2, 0.25) is 0 Å². The Morgan fingerprint density at radius 3 is 2.14 bits per heavy atom. The van der Waals surface area contributed by atoms with E-state index in [4.69, 9.17) is 4.74 Å². The molecule has 0 aromatic heterocycles. The second-order valence-electron chi connectivity index (χ2n) is 5.95. The van der Waals surface area contributed by atoms with E-state index in [-0.39, 0.29) is 5.97 Å². The number of nitrogens with one attached hydrogen (secondary N) is 1. The second-order valence-corrected chi connectivity index (χ2v) is 5.95. The maximum absolute atomic E-state index is 11.4. The van der Waals surface area contributed by atoms with E-state index < -0.39 is 0 Å². The van der Waals surface area contributed by atoms with Crippen LogP contribution in [0.25, 0.3) is 0 Å². The number of rotatable bonds is 16. The van der Waals surface area contributed by atoms with Crippen molar-refractivity contribution >= 4 is 5.97 Å². The van der Waals surface area contributed by atoms with Crippen molar-refractivity contribution in [2.45, 2.75) is 84.0 Å². The number of carbonyl (C=O) groups is 1. The number of hydrogen-bond donors (Lipinski definition) is 1. The number of unbranched alkanes of at least 4 members (excludes halogenated alkanes) is 9. The van der Waals surface area contributed by atoms with Crippen molar-refractivity contribution in [3.8, 4) is 0 Å². The summed E-state index contributed by atoms with van der Waals surface area (Å²) in [5, 5.41) is 2.96. The highest BCUT2D eigenvalue weighted by Crippen LogP contribution is 2.09. The molecule has 0 radical (unpaired) electrons. The molecule has 0 rings (SSSR count). The van der Waals surface area contributed by atoms with Crippen LogP contribution in [0.15, 0.2) is 12.2 Å². The van der Waals surface area contributed by atoms with E-state index in [1.165, 1.54) is 57.8 Å². The third kappa shape index (κ3) is 17.2. The van der Waals surface area contributed by atoms with Gasteiger partial charge in [0, 0.05) is 13.0 Å². The molecular weight excluding hydrogens is 274 g/mol. The first kappa shape index (κ1) is 21.2. The third-order valence-electron chi connectivity index (χ3n) is 3.76. The third-order valence-corrected chi connectivity index (χ3v) is 3.76. The van der Waals surface area contributed by atoms with Crippen LogP contribution in [0.5, 0.6) is 0 Å². The van der Waals surface area contributed by atoms with Gasteiger partial charge in [0.1, 0.15) is 6.61 Å². The number of carbonyl (C=O) groups excluding carboxylic acids is 1. The Labute approximate surface area is 137 Å². The first-order valence-electron chi connectivity index (χ1n) is 9.26. The van der Waals surface area contributed by atoms with Gasteiger partial charge in [-0.3, -0.25) is 4.79 Å². The summed E-state index contributed by atoms with van der Waals surface area (Å²) in [6, 6.07) is 0. The lowest BCUT2D eigenvalue weighted by Crippen LogP contribution is -2.17. The van der Waals surface area contributed by atoms with Crippen LogP contribution in [0.1, 0.15) is 84.0 Å². The van der Waals surface area contributed by atoms with E-state index in [0.717, 1.165) is 19.4 Å². The number of allylic oxidation sites excluding steroid dienone is 2. The van der Waals surface area contributed by atoms with Gasteiger partial charge in [0.25, 0.3) is 0 Å². The monoisotopic (exact) mass is 311 g/mol. The van der Waals surface area contributed by atoms with Crippen molar-refractivity contribution < 1.29 is 9.53 Å². The molecule has 0 bridgehead atoms. The normalized spacial score (nSPS) is 11.2. The van der Waals surface area contributed by atoms with Crippen LogP contribution in [0.3, 0.4) is 0 Å². The minimum absolute atomic E-state index is 0.0544. The van der Waals surface area contributed by atoms with E-state index in [0.29, 0.717) is 13.0 Å². The number of hydrogen-bond acceptors (Lipinski definition) is 3. The lowest BCUT2D eigenvalue weighted by atomic mass is 10.1. The van der Waals surface area contributed by atoms with E-state index in [9.17, 15) is 4.79 Å². The molecule has 0 aliphatic heterocycles. The summed E-state index contributed by atoms with van der Waals surface area (Å²) in [6.45, 7) is 3.47. The summed E-state index contributed by atoms with van der Waals surface area (Å²) in [5.41, 5.74) is 0. The van der Waals surface area contributed by atoms with Crippen LogP contribution >= 0.6 is 0 Å². The molecule has 130 valence electrons. The highest BCUT2D eigenvalue weighted by Gasteiger charge is 2.01. The Balaban J connectivity index is 3.16. The maximum Gasteiger partial charge on any atom is 0.305 e. The predicted octanol–water partition coefficient (Wildman–Crippen LogP) is 5.01. The van der Waals surface area contributed by atoms with Gasteiger partial charge in [0.2, 0.25) is 0 Å². The standard InChI is InChI=1S/C19H37NO2/c1-3-4-5-6-7-8-9-10-11-12-13-14-15-16-19(21)22-18-17-20-2/h8-9,20H,3-7,10-18H2,1-2H3/b9-8+. The van der Waals surface area contributed by atoms with Crippen LogP contribution in [-0.4, -0.2) is 26.2 Å². The van der Waals surface area contributed by atoms with Gasteiger partial charge in [-0.2, -0.15) is 0 Å². The predicted molar refractivity (Wildman–Crippen MR) is 95.1 cm³/mol. The molecule has 0 aromatic rings. The SMILES string of the molecule is CCCCCC/C=C/CCCCCCCC(=O)OCCNC. The summed E-state index contributed by atoms with van der Waals surface area (Å²) in [6.07, 6.45) is 19.0. The average molecular weight is 312 g/mol. The van der Waals surface area contributed by atoms with Crippen LogP contribution in [-0.2, 0) is 9.53 Å². The molecule has 0 fully saturated rings. The average Bonchev–Trinajstić information content (AvgIpc) is 2.52. The fourth-order valence-corrected chi connectivity index (χ4v) is 2.33. The minimum atomic E-state index is -0.0544. The molecule has 0 aromatic carbocycles. The fourth-order valence-electron chi connectivity index (χ4n) is 2.33. The zero-order chi connectivity index (χ0) is 16.3. The summed E-state index contributed by atoms with van der Waals surface area (Å²) >= 11 is 0. The Kier molecular flexibility index (Phi) is 17.5. The molecule has 22 heavy (non-hydrogen) atoms. The highest BCUT2D eigenvalue weighted by molar-refractivity contribution is 5.69. The molecule has 0 spiro atoms. The topological polar surface area (TPSA) is 38.3 Å². The largest absolute Gasteiger partial charge is 0.464 e. The van der Waals surface area contributed by atoms with Crippen molar-refractivity contribution in [1.82, 2.24) is 5.32 Å². The molecule has 0 aliphatic carbocycles. The summed E-state index contributed by atoms with van der Waals surface area (Å²) < 4.78 is 5.08. The minimum Gasteiger partial charge on any atom is -0.464 e. The van der Waals surface area contributed by atoms with E-state index >= 15 is 0 Å². The van der Waals surface area contributed by atoms with Crippen LogP contribution in [0, 0.1) is 0 Å². The van der Waals surface area contributed by atoms with Gasteiger partial charge in [-0.15, -0.1) is 0 Å². The second kappa shape index (κ2) is 18.2. The lowest BCUT2D eigenvalue weighted by Gasteiger charge is -2.04. The summed E-state index contributed by atoms with van der Waals surface area (Å²) in [5.74, 6) is -0.0544. The quantitative estimate of drug-likeness (QED) is 0.247. The summed E-state index contributed by atoms with van der Waals surface area (Å²) in [4.78, 5) is 11.4. The van der Waals surface area contributed by atoms with Crippen LogP contribution in [0.4, 0.5) is 0 Å². The van der Waals surface area contributed by atoms with Crippen molar-refractivity contribution in [3.63, 3.8) is 0 Å². The van der Waals surface area contributed by atoms with Gasteiger partial charge in [-0.25, -0.2) is 0 Å². The van der Waals surface area contributed by atoms with E-state index in [1.807, 2.05) is 7.05 Å². The van der Waals surface area contributed by atoms with Crippen molar-refractivity contribution in [1.29, 1.82) is 0 Å². The van der Waals surface area contributed by atoms with Crippen molar-refractivity contribution in [3.05, 3.63) is 12.2 Å². The molecule has 0 saturated carbocycles. The number of ether oxygens (including phenoxy) is 1. The highest BCUT2D eigenvalue weighted by atomic mass is 16.5. The molecule has 3 heteroatoms. The zero-order valence-electron chi connectivity index (χ0n) is 14.9. The van der Waals surface area contributed by atoms with Crippen LogP contribution < -0.4 is 5.32 Å². The zero-order valence-corrected chi connectivity index (χ0v) is 14.9. The van der Waals surface area contributed by atoms with E-state index in [1.54, 1.807) is 0 Å². The lowest BCUT2D eigenvalue weighted by molar-refractivity contribution is -0.143. The fraction of sp³-hybridized carbons (Fsp3) is 0.842. The number of esters is 1. The van der Waals surface area contributed by atoms with Gasteiger partial charge in [0.05, 0.1) is 0 Å². The van der Waals surface area contributed by atoms with E-state index in [2.05, 4.69) is 24.4 Å². The van der Waals surface area contributed by atoms with Gasteiger partial charge >= 0.3 is 5.97 Å². The Bertz CT molecular complexity index is 264. The van der Waals surface area contributed by atoms with Crippen molar-refractivity contribution in [2.75, 3.05) is 20.2 Å².